The molecule has 0 bridgehead atoms. The molecule has 0 aromatic rings. The van der Waals surface area contributed by atoms with Crippen LogP contribution in [-0.4, -0.2) is 54.8 Å². The van der Waals surface area contributed by atoms with E-state index < -0.39 is 30.2 Å². The van der Waals surface area contributed by atoms with Crippen molar-refractivity contribution in [2.24, 2.45) is 0 Å². The van der Waals surface area contributed by atoms with E-state index >= 15 is 0 Å². The summed E-state index contributed by atoms with van der Waals surface area (Å²) in [6.45, 7) is 0. The molecule has 0 rings (SSSR count). The Morgan fingerprint density at radius 3 is 1.00 bits per heavy atom. The van der Waals surface area contributed by atoms with Crippen molar-refractivity contribution in [3.8, 4) is 0 Å². The van der Waals surface area contributed by atoms with Crippen LogP contribution in [0.15, 0.2) is 0 Å². The van der Waals surface area contributed by atoms with E-state index in [2.05, 4.69) is 0 Å². The first-order valence-corrected chi connectivity index (χ1v) is 7.18. The maximum atomic E-state index is 8.94. The third-order valence-corrected chi connectivity index (χ3v) is 0. The van der Waals surface area contributed by atoms with Crippen molar-refractivity contribution in [1.29, 1.82) is 0 Å². The van der Waals surface area contributed by atoms with E-state index in [9.17, 15) is 0 Å². The summed E-state index contributed by atoms with van der Waals surface area (Å²) in [6, 6.07) is 0. The maximum absolute atomic E-state index is 8.94. The summed E-state index contributed by atoms with van der Waals surface area (Å²) in [4.78, 5) is 0. The van der Waals surface area contributed by atoms with Crippen molar-refractivity contribution in [3.63, 3.8) is 0 Å². The van der Waals surface area contributed by atoms with E-state index in [4.69, 9.17) is 28.3 Å². The van der Waals surface area contributed by atoms with Crippen molar-refractivity contribution in [2.45, 2.75) is 0 Å². The monoisotopic (exact) mass is 268 g/mol. The van der Waals surface area contributed by atoms with Crippen molar-refractivity contribution in [2.75, 3.05) is 0 Å². The van der Waals surface area contributed by atoms with Gasteiger partial charge in [-0.3, -0.25) is 0 Å². The average molecular weight is 268 g/mol. The van der Waals surface area contributed by atoms with E-state index in [-0.39, 0.29) is 0 Å². The molecule has 0 fully saturated rings. The Morgan fingerprint density at radius 1 is 1.00 bits per heavy atom. The zero-order valence-corrected chi connectivity index (χ0v) is 7.74. The van der Waals surface area contributed by atoms with Crippen LogP contribution in [0.25, 0.3) is 0 Å². The van der Waals surface area contributed by atoms with Gasteiger partial charge in [0.1, 0.15) is 0 Å². The molecule has 0 radical (unpaired) electrons. The molecule has 0 heterocycles. The molecule has 0 atom stereocenters. The zero-order chi connectivity index (χ0) is 8.08. The van der Waals surface area contributed by atoms with E-state index in [0.29, 0.717) is 0 Å². The molecule has 7 nitrogen and oxygen atoms in total. The Labute approximate surface area is 58.9 Å². The molecule has 0 amide bonds. The predicted molar refractivity (Wildman–Crippen MR) is 25.5 cm³/mol. The second kappa shape index (κ2) is 5.46. The standard InChI is InChI=1S/AsH3O4.AsH3O3/c2-1(3,4)5;2-1(3)4/h(H3,2,3,4,5);2-4H. The summed E-state index contributed by atoms with van der Waals surface area (Å²) < 4.78 is 52.6. The molecule has 0 aromatic carbocycles. The second-order valence-corrected chi connectivity index (χ2v) is 4.06. The van der Waals surface area contributed by atoms with Gasteiger partial charge in [0, 0.05) is 0 Å². The molecular weight excluding hydrogens is 262 g/mol. The first-order chi connectivity index (χ1) is 3.73. The molecule has 0 aromatic heterocycles. The molecule has 0 spiro atoms. The molecule has 9 heavy (non-hydrogen) atoms. The number of rotatable bonds is 0. The molecule has 0 aliphatic rings. The van der Waals surface area contributed by atoms with Crippen LogP contribution in [0.5, 0.6) is 0 Å². The van der Waals surface area contributed by atoms with E-state index in [0.717, 1.165) is 0 Å². The van der Waals surface area contributed by atoms with Crippen LogP contribution in [0.4, 0.5) is 0 Å². The van der Waals surface area contributed by atoms with Crippen LogP contribution in [0.3, 0.4) is 0 Å². The SMILES string of the molecule is O=[As](O)(O)O.O[As](O)O. The van der Waals surface area contributed by atoms with Crippen LogP contribution in [0, 0.1) is 0 Å². The van der Waals surface area contributed by atoms with E-state index in [1.165, 1.54) is 0 Å². The Hall–Kier alpha value is 0.677. The molecule has 58 valence electrons. The first kappa shape index (κ1) is 12.4. The molecule has 6 N–H and O–H groups in total. The van der Waals surface area contributed by atoms with Crippen molar-refractivity contribution >= 4 is 30.2 Å². The summed E-state index contributed by atoms with van der Waals surface area (Å²) in [5.74, 6) is 0. The molecule has 0 saturated carbocycles. The fourth-order valence-corrected chi connectivity index (χ4v) is 0. The van der Waals surface area contributed by atoms with Crippen LogP contribution in [0.1, 0.15) is 0 Å². The first-order valence-electron chi connectivity index (χ1n) is 1.38. The number of hydrogen-bond donors (Lipinski definition) is 6. The molecule has 9 heteroatoms. The van der Waals surface area contributed by atoms with Gasteiger partial charge in [0.25, 0.3) is 0 Å². The van der Waals surface area contributed by atoms with Crippen molar-refractivity contribution in [1.82, 2.24) is 0 Å². The van der Waals surface area contributed by atoms with Gasteiger partial charge < -0.3 is 0 Å². The second-order valence-electron chi connectivity index (χ2n) is 0.782. The molecule has 0 unspecified atom stereocenters. The van der Waals surface area contributed by atoms with Gasteiger partial charge >= 0.3 is 58.5 Å². The van der Waals surface area contributed by atoms with Gasteiger partial charge in [-0.05, 0) is 0 Å². The summed E-state index contributed by atoms with van der Waals surface area (Å²) >= 11 is -8.31. The average Bonchev–Trinajstić information content (AvgIpc) is 1.19. The molecule has 0 saturated heterocycles. The van der Waals surface area contributed by atoms with E-state index in [1.807, 2.05) is 0 Å². The summed E-state index contributed by atoms with van der Waals surface area (Å²) in [5, 5.41) is 0. The van der Waals surface area contributed by atoms with Gasteiger partial charge in [0.05, 0.1) is 0 Å². The predicted octanol–water partition coefficient (Wildman–Crippen LogP) is -4.22. The van der Waals surface area contributed by atoms with Gasteiger partial charge in [-0.15, -0.1) is 0 Å². The molecule has 0 aliphatic carbocycles. The van der Waals surface area contributed by atoms with Crippen LogP contribution in [0.2, 0.25) is 0 Å². The quantitative estimate of drug-likeness (QED) is 0.245. The minimum atomic E-state index is -5.12. The fourth-order valence-electron chi connectivity index (χ4n) is 0. The van der Waals surface area contributed by atoms with Gasteiger partial charge in [-0.25, -0.2) is 0 Å². The van der Waals surface area contributed by atoms with Gasteiger partial charge in [0.2, 0.25) is 0 Å². The van der Waals surface area contributed by atoms with Crippen LogP contribution in [-0.2, 0) is 3.74 Å². The summed E-state index contributed by atoms with van der Waals surface area (Å²) in [7, 11) is 0. The third-order valence-electron chi connectivity index (χ3n) is 0. The Bertz CT molecular complexity index is 78.1. The van der Waals surface area contributed by atoms with Gasteiger partial charge in [0.15, 0.2) is 0 Å². The summed E-state index contributed by atoms with van der Waals surface area (Å²) in [6.07, 6.45) is 0. The fraction of sp³-hybridized carbons (Fsp3) is 0. The Balaban J connectivity index is 0. The molecular formula is H6As2O7. The van der Waals surface area contributed by atoms with Crippen LogP contribution >= 0.6 is 0 Å². The third kappa shape index (κ3) is 844. The van der Waals surface area contributed by atoms with Crippen molar-refractivity contribution in [3.05, 3.63) is 0 Å². The normalized spacial score (nSPS) is 10.6. The zero-order valence-electron chi connectivity index (χ0n) is 3.99. The topological polar surface area (TPSA) is 138 Å². The Kier molecular flexibility index (Phi) is 7.50. The van der Waals surface area contributed by atoms with Gasteiger partial charge in [-0.2, -0.15) is 0 Å². The van der Waals surface area contributed by atoms with Crippen molar-refractivity contribution < 1.29 is 28.3 Å². The Morgan fingerprint density at radius 2 is 1.00 bits per heavy atom. The minimum absolute atomic E-state index is 3.19. The molecule has 0 aliphatic heterocycles. The summed E-state index contributed by atoms with van der Waals surface area (Å²) in [5.41, 5.74) is 0. The van der Waals surface area contributed by atoms with Crippen LogP contribution < -0.4 is 0 Å². The number of hydrogen-bond acceptors (Lipinski definition) is 4. The van der Waals surface area contributed by atoms with E-state index in [1.54, 1.807) is 0 Å². The van der Waals surface area contributed by atoms with Gasteiger partial charge in [-0.1, -0.05) is 0 Å².